The predicted octanol–water partition coefficient (Wildman–Crippen LogP) is 2.99. The molecule has 28 heavy (non-hydrogen) atoms. The molecule has 5 nitrogen and oxygen atoms in total. The van der Waals surface area contributed by atoms with Gasteiger partial charge in [-0.2, -0.15) is 0 Å². The number of hydrogen-bond donors (Lipinski definition) is 1. The topological polar surface area (TPSA) is 52.7 Å². The first-order valence-electron chi connectivity index (χ1n) is 9.44. The van der Waals surface area contributed by atoms with Crippen LogP contribution in [0.4, 0.5) is 10.1 Å². The van der Waals surface area contributed by atoms with Gasteiger partial charge in [0.05, 0.1) is 13.0 Å². The zero-order valence-electron chi connectivity index (χ0n) is 16.7. The molecule has 2 rings (SSSR count). The molecule has 0 unspecified atom stereocenters. The molecule has 1 N–H and O–H groups in total. The summed E-state index contributed by atoms with van der Waals surface area (Å²) in [6.45, 7) is 3.59. The molecule has 2 aromatic rings. The van der Waals surface area contributed by atoms with E-state index in [4.69, 9.17) is 0 Å². The second kappa shape index (κ2) is 10.6. The van der Waals surface area contributed by atoms with Crippen molar-refractivity contribution in [2.24, 2.45) is 0 Å². The highest BCUT2D eigenvalue weighted by Gasteiger charge is 2.15. The zero-order chi connectivity index (χ0) is 20.5. The number of halogens is 1. The Bertz CT molecular complexity index is 773. The molecule has 0 saturated heterocycles. The van der Waals surface area contributed by atoms with Gasteiger partial charge < -0.3 is 15.1 Å². The number of benzene rings is 2. The number of nitrogens with one attached hydrogen (secondary N) is 1. The molecular formula is C22H28FN3O2. The van der Waals surface area contributed by atoms with Crippen LogP contribution >= 0.6 is 0 Å². The highest BCUT2D eigenvalue weighted by Crippen LogP contribution is 2.20. The molecule has 6 heteroatoms. The van der Waals surface area contributed by atoms with Crippen LogP contribution in [0.3, 0.4) is 0 Å². The van der Waals surface area contributed by atoms with Gasteiger partial charge in [0.25, 0.3) is 0 Å². The normalized spacial score (nSPS) is 10.8. The number of amides is 2. The standard InChI is InChI=1S/C22H28FN3O2/c1-4-22(28)26(16-18-5-9-19(23)10-6-18)20-11-7-17(8-12-20)15-21(27)24-13-14-25(2)3/h5-12H,4,13-16H2,1-3H3,(H,24,27). The van der Waals surface area contributed by atoms with Crippen molar-refractivity contribution in [3.63, 3.8) is 0 Å². The maximum atomic E-state index is 13.1. The number of carbonyl (C=O) groups is 2. The Labute approximate surface area is 166 Å². The first-order valence-corrected chi connectivity index (χ1v) is 9.44. The van der Waals surface area contributed by atoms with Crippen molar-refractivity contribution >= 4 is 17.5 Å². The van der Waals surface area contributed by atoms with Crippen LogP contribution in [0.1, 0.15) is 24.5 Å². The van der Waals surface area contributed by atoms with Crippen molar-refractivity contribution in [1.82, 2.24) is 10.2 Å². The molecule has 150 valence electrons. The number of anilines is 1. The van der Waals surface area contributed by atoms with Crippen molar-refractivity contribution in [1.29, 1.82) is 0 Å². The quantitative estimate of drug-likeness (QED) is 0.722. The van der Waals surface area contributed by atoms with Gasteiger partial charge in [-0.3, -0.25) is 9.59 Å². The summed E-state index contributed by atoms with van der Waals surface area (Å²) in [4.78, 5) is 28.1. The van der Waals surface area contributed by atoms with E-state index >= 15 is 0 Å². The van der Waals surface area contributed by atoms with Gasteiger partial charge in [0.2, 0.25) is 11.8 Å². The molecule has 0 fully saturated rings. The Morgan fingerprint density at radius 2 is 1.57 bits per heavy atom. The molecule has 0 heterocycles. The van der Waals surface area contributed by atoms with Crippen LogP contribution in [0.5, 0.6) is 0 Å². The smallest absolute Gasteiger partial charge is 0.227 e. The SMILES string of the molecule is CCC(=O)N(Cc1ccc(F)cc1)c1ccc(CC(=O)NCCN(C)C)cc1. The lowest BCUT2D eigenvalue weighted by Crippen LogP contribution is -2.32. The lowest BCUT2D eigenvalue weighted by molar-refractivity contribution is -0.120. The van der Waals surface area contributed by atoms with Crippen molar-refractivity contribution in [2.45, 2.75) is 26.3 Å². The molecule has 0 atom stereocenters. The van der Waals surface area contributed by atoms with Gasteiger partial charge >= 0.3 is 0 Å². The number of likely N-dealkylation sites (N-methyl/N-ethyl adjacent to an activating group) is 1. The van der Waals surface area contributed by atoms with Crippen molar-refractivity contribution in [2.75, 3.05) is 32.1 Å². The Morgan fingerprint density at radius 3 is 2.14 bits per heavy atom. The highest BCUT2D eigenvalue weighted by atomic mass is 19.1. The lowest BCUT2D eigenvalue weighted by atomic mass is 10.1. The fourth-order valence-electron chi connectivity index (χ4n) is 2.75. The van der Waals surface area contributed by atoms with Crippen molar-refractivity contribution in [3.8, 4) is 0 Å². The van der Waals surface area contributed by atoms with Crippen LogP contribution in [-0.4, -0.2) is 43.9 Å². The van der Waals surface area contributed by atoms with Gasteiger partial charge in [-0.25, -0.2) is 4.39 Å². The van der Waals surface area contributed by atoms with Crippen molar-refractivity contribution in [3.05, 3.63) is 65.5 Å². The summed E-state index contributed by atoms with van der Waals surface area (Å²) >= 11 is 0. The number of carbonyl (C=O) groups excluding carboxylic acids is 2. The molecule has 0 aliphatic carbocycles. The summed E-state index contributed by atoms with van der Waals surface area (Å²) in [7, 11) is 3.92. The van der Waals surface area contributed by atoms with E-state index < -0.39 is 0 Å². The number of nitrogens with zero attached hydrogens (tertiary/aromatic N) is 2. The molecule has 0 radical (unpaired) electrons. The maximum Gasteiger partial charge on any atom is 0.227 e. The van der Waals surface area contributed by atoms with E-state index in [-0.39, 0.29) is 17.6 Å². The predicted molar refractivity (Wildman–Crippen MR) is 110 cm³/mol. The Hall–Kier alpha value is -2.73. The number of hydrogen-bond acceptors (Lipinski definition) is 3. The number of rotatable bonds is 9. The van der Waals surface area contributed by atoms with E-state index in [2.05, 4.69) is 5.32 Å². The second-order valence-electron chi connectivity index (χ2n) is 6.96. The van der Waals surface area contributed by atoms with E-state index in [9.17, 15) is 14.0 Å². The van der Waals surface area contributed by atoms with Gasteiger partial charge in [-0.15, -0.1) is 0 Å². The van der Waals surface area contributed by atoms with Crippen LogP contribution in [0.25, 0.3) is 0 Å². The Balaban J connectivity index is 2.03. The summed E-state index contributed by atoms with van der Waals surface area (Å²) in [5.74, 6) is -0.341. The van der Waals surface area contributed by atoms with E-state index in [0.29, 0.717) is 25.9 Å². The first-order chi connectivity index (χ1) is 13.4. The monoisotopic (exact) mass is 385 g/mol. The highest BCUT2D eigenvalue weighted by molar-refractivity contribution is 5.93. The molecule has 0 saturated carbocycles. The van der Waals surface area contributed by atoms with Gasteiger partial charge in [-0.05, 0) is 49.5 Å². The molecule has 0 aliphatic rings. The van der Waals surface area contributed by atoms with Crippen LogP contribution in [0.2, 0.25) is 0 Å². The fraction of sp³-hybridized carbons (Fsp3) is 0.364. The summed E-state index contributed by atoms with van der Waals surface area (Å²) in [6, 6.07) is 13.6. The third kappa shape index (κ3) is 6.78. The molecule has 2 amide bonds. The van der Waals surface area contributed by atoms with E-state index in [0.717, 1.165) is 23.4 Å². The largest absolute Gasteiger partial charge is 0.355 e. The minimum Gasteiger partial charge on any atom is -0.355 e. The van der Waals surface area contributed by atoms with Crippen molar-refractivity contribution < 1.29 is 14.0 Å². The first kappa shape index (κ1) is 21.6. The third-order valence-corrected chi connectivity index (χ3v) is 4.35. The summed E-state index contributed by atoms with van der Waals surface area (Å²) in [5.41, 5.74) is 2.50. The third-order valence-electron chi connectivity index (χ3n) is 4.35. The molecular weight excluding hydrogens is 357 g/mol. The van der Waals surface area contributed by atoms with Crippen LogP contribution in [0.15, 0.2) is 48.5 Å². The summed E-state index contributed by atoms with van der Waals surface area (Å²) < 4.78 is 13.1. The molecule has 0 spiro atoms. The van der Waals surface area contributed by atoms with E-state index in [1.807, 2.05) is 50.2 Å². The summed E-state index contributed by atoms with van der Waals surface area (Å²) in [6.07, 6.45) is 0.671. The Kier molecular flexibility index (Phi) is 8.14. The van der Waals surface area contributed by atoms with Gasteiger partial charge in [0.15, 0.2) is 0 Å². The lowest BCUT2D eigenvalue weighted by Gasteiger charge is -2.23. The average molecular weight is 385 g/mol. The Morgan fingerprint density at radius 1 is 0.964 bits per heavy atom. The van der Waals surface area contributed by atoms with Gasteiger partial charge in [0.1, 0.15) is 5.82 Å². The van der Waals surface area contributed by atoms with Gasteiger partial charge in [0, 0.05) is 25.2 Å². The molecule has 0 bridgehead atoms. The van der Waals surface area contributed by atoms with Crippen LogP contribution in [-0.2, 0) is 22.6 Å². The minimum atomic E-state index is -0.301. The molecule has 0 aliphatic heterocycles. The van der Waals surface area contributed by atoms with Crippen LogP contribution < -0.4 is 10.2 Å². The second-order valence-corrected chi connectivity index (χ2v) is 6.96. The molecule has 0 aromatic heterocycles. The van der Waals surface area contributed by atoms with Crippen LogP contribution in [0, 0.1) is 5.82 Å². The van der Waals surface area contributed by atoms with E-state index in [1.54, 1.807) is 17.0 Å². The average Bonchev–Trinajstić information content (AvgIpc) is 2.67. The minimum absolute atomic E-state index is 0.0153. The van der Waals surface area contributed by atoms with E-state index in [1.165, 1.54) is 12.1 Å². The maximum absolute atomic E-state index is 13.1. The summed E-state index contributed by atoms with van der Waals surface area (Å²) in [5, 5.41) is 2.89. The molecule has 2 aromatic carbocycles. The fourth-order valence-corrected chi connectivity index (χ4v) is 2.75. The zero-order valence-corrected chi connectivity index (χ0v) is 16.7. The van der Waals surface area contributed by atoms with Gasteiger partial charge in [-0.1, -0.05) is 31.2 Å².